The van der Waals surface area contributed by atoms with Gasteiger partial charge in [0, 0.05) is 6.04 Å². The van der Waals surface area contributed by atoms with Crippen molar-refractivity contribution in [2.45, 2.75) is 24.9 Å². The van der Waals surface area contributed by atoms with E-state index in [4.69, 9.17) is 5.26 Å². The van der Waals surface area contributed by atoms with E-state index in [0.717, 1.165) is 5.69 Å². The lowest BCUT2D eigenvalue weighted by Gasteiger charge is -2.18. The summed E-state index contributed by atoms with van der Waals surface area (Å²) >= 11 is 0. The zero-order chi connectivity index (χ0) is 10.1. The minimum absolute atomic E-state index is 0.182. The van der Waals surface area contributed by atoms with Gasteiger partial charge in [0.1, 0.15) is 6.04 Å². The second-order valence-corrected chi connectivity index (χ2v) is 3.95. The fourth-order valence-corrected chi connectivity index (χ4v) is 1.63. The molecule has 2 rings (SSSR count). The van der Waals surface area contributed by atoms with Crippen LogP contribution < -0.4 is 0 Å². The van der Waals surface area contributed by atoms with Crippen molar-refractivity contribution in [3.05, 3.63) is 18.2 Å². The van der Waals surface area contributed by atoms with E-state index >= 15 is 0 Å². The Morgan fingerprint density at radius 1 is 1.64 bits per heavy atom. The fourth-order valence-electron chi connectivity index (χ4n) is 1.63. The van der Waals surface area contributed by atoms with E-state index in [9.17, 15) is 0 Å². The van der Waals surface area contributed by atoms with Gasteiger partial charge in [-0.1, -0.05) is 0 Å². The number of aromatic nitrogens is 2. The Bertz CT molecular complexity index is 356. The van der Waals surface area contributed by atoms with Gasteiger partial charge in [-0.05, 0) is 26.9 Å². The van der Waals surface area contributed by atoms with E-state index in [2.05, 4.69) is 15.6 Å². The van der Waals surface area contributed by atoms with Crippen LogP contribution in [0.3, 0.4) is 0 Å². The smallest absolute Gasteiger partial charge is 0.140 e. The number of rotatable bonds is 3. The highest BCUT2D eigenvalue weighted by molar-refractivity contribution is 5.15. The molecule has 14 heavy (non-hydrogen) atoms. The molecule has 0 N–H and O–H groups in total. The van der Waals surface area contributed by atoms with Crippen molar-refractivity contribution in [1.82, 2.24) is 14.5 Å². The van der Waals surface area contributed by atoms with Crippen LogP contribution in [0.2, 0.25) is 0 Å². The minimum atomic E-state index is -0.182. The Balaban J connectivity index is 2.29. The molecule has 0 aliphatic heterocycles. The molecule has 1 atom stereocenters. The summed E-state index contributed by atoms with van der Waals surface area (Å²) in [7, 11) is 3.83. The van der Waals surface area contributed by atoms with E-state index in [1.165, 1.54) is 12.8 Å². The van der Waals surface area contributed by atoms with E-state index in [-0.39, 0.29) is 6.04 Å². The molecular formula is C10H14N4. The molecule has 1 heterocycles. The molecule has 0 saturated heterocycles. The summed E-state index contributed by atoms with van der Waals surface area (Å²) in [4.78, 5) is 6.03. The lowest BCUT2D eigenvalue weighted by atomic mass is 10.2. The van der Waals surface area contributed by atoms with Crippen LogP contribution in [0.1, 0.15) is 30.6 Å². The Labute approximate surface area is 83.8 Å². The molecule has 1 aliphatic carbocycles. The highest BCUT2D eigenvalue weighted by Crippen LogP contribution is 2.37. The number of nitriles is 1. The summed E-state index contributed by atoms with van der Waals surface area (Å²) in [5.74, 6) is 0. The zero-order valence-electron chi connectivity index (χ0n) is 8.51. The second-order valence-electron chi connectivity index (χ2n) is 3.95. The Hall–Kier alpha value is -1.34. The van der Waals surface area contributed by atoms with Gasteiger partial charge in [0.05, 0.1) is 24.3 Å². The Morgan fingerprint density at radius 2 is 2.36 bits per heavy atom. The van der Waals surface area contributed by atoms with E-state index in [1.54, 1.807) is 6.20 Å². The molecule has 74 valence electrons. The van der Waals surface area contributed by atoms with Crippen molar-refractivity contribution in [3.8, 4) is 6.07 Å². The Morgan fingerprint density at radius 3 is 2.86 bits per heavy atom. The van der Waals surface area contributed by atoms with Gasteiger partial charge < -0.3 is 4.57 Å². The quantitative estimate of drug-likeness (QED) is 0.722. The number of imidazole rings is 1. The number of hydrogen-bond acceptors (Lipinski definition) is 3. The zero-order valence-corrected chi connectivity index (χ0v) is 8.51. The van der Waals surface area contributed by atoms with Gasteiger partial charge in [-0.25, -0.2) is 4.98 Å². The van der Waals surface area contributed by atoms with Crippen LogP contribution in [-0.4, -0.2) is 28.5 Å². The molecule has 0 aromatic carbocycles. The second kappa shape index (κ2) is 3.43. The summed E-state index contributed by atoms with van der Waals surface area (Å²) in [6.07, 6.45) is 6.07. The third kappa shape index (κ3) is 1.51. The first-order valence-corrected chi connectivity index (χ1v) is 4.82. The average Bonchev–Trinajstić information content (AvgIpc) is 2.88. The summed E-state index contributed by atoms with van der Waals surface area (Å²) in [6, 6.07) is 2.70. The summed E-state index contributed by atoms with van der Waals surface area (Å²) in [5, 5.41) is 9.06. The van der Waals surface area contributed by atoms with Gasteiger partial charge in [-0.2, -0.15) is 5.26 Å². The third-order valence-electron chi connectivity index (χ3n) is 2.56. The normalized spacial score (nSPS) is 18.1. The third-order valence-corrected chi connectivity index (χ3v) is 2.56. The fraction of sp³-hybridized carbons (Fsp3) is 0.600. The van der Waals surface area contributed by atoms with Crippen LogP contribution in [0.15, 0.2) is 12.5 Å². The topological polar surface area (TPSA) is 44.9 Å². The largest absolute Gasteiger partial charge is 0.329 e. The van der Waals surface area contributed by atoms with Gasteiger partial charge in [0.25, 0.3) is 0 Å². The maximum atomic E-state index is 9.06. The monoisotopic (exact) mass is 190 g/mol. The highest BCUT2D eigenvalue weighted by atomic mass is 15.2. The molecule has 1 unspecified atom stereocenters. The van der Waals surface area contributed by atoms with Crippen molar-refractivity contribution in [1.29, 1.82) is 5.26 Å². The van der Waals surface area contributed by atoms with Crippen LogP contribution >= 0.6 is 0 Å². The van der Waals surface area contributed by atoms with Gasteiger partial charge in [-0.3, -0.25) is 4.90 Å². The van der Waals surface area contributed by atoms with Crippen LogP contribution in [0, 0.1) is 11.3 Å². The molecule has 0 bridgehead atoms. The molecule has 0 radical (unpaired) electrons. The van der Waals surface area contributed by atoms with Crippen LogP contribution in [0.5, 0.6) is 0 Å². The predicted molar refractivity (Wildman–Crippen MR) is 52.5 cm³/mol. The first kappa shape index (κ1) is 9.22. The van der Waals surface area contributed by atoms with Crippen molar-refractivity contribution in [2.24, 2.45) is 0 Å². The molecule has 1 fully saturated rings. The van der Waals surface area contributed by atoms with Crippen LogP contribution in [-0.2, 0) is 0 Å². The standard InChI is InChI=1S/C10H14N4/c1-13(2)9(5-11)10-6-12-7-14(10)8-3-4-8/h6-9H,3-4H2,1-2H3. The van der Waals surface area contributed by atoms with E-state index in [0.29, 0.717) is 6.04 Å². The SMILES string of the molecule is CN(C)C(C#N)c1cncn1C1CC1. The molecule has 0 amide bonds. The molecule has 1 saturated carbocycles. The lowest BCUT2D eigenvalue weighted by Crippen LogP contribution is -2.20. The summed E-state index contributed by atoms with van der Waals surface area (Å²) in [5.41, 5.74) is 1.01. The van der Waals surface area contributed by atoms with Gasteiger partial charge in [0.15, 0.2) is 0 Å². The van der Waals surface area contributed by atoms with Gasteiger partial charge >= 0.3 is 0 Å². The predicted octanol–water partition coefficient (Wildman–Crippen LogP) is 1.34. The minimum Gasteiger partial charge on any atom is -0.329 e. The molecule has 1 aromatic rings. The maximum Gasteiger partial charge on any atom is 0.140 e. The first-order valence-electron chi connectivity index (χ1n) is 4.82. The molecule has 0 spiro atoms. The van der Waals surface area contributed by atoms with Gasteiger partial charge in [-0.15, -0.1) is 0 Å². The van der Waals surface area contributed by atoms with Crippen molar-refractivity contribution < 1.29 is 0 Å². The summed E-state index contributed by atoms with van der Waals surface area (Å²) in [6.45, 7) is 0. The summed E-state index contributed by atoms with van der Waals surface area (Å²) < 4.78 is 2.13. The Kier molecular flexibility index (Phi) is 2.26. The van der Waals surface area contributed by atoms with E-state index < -0.39 is 0 Å². The first-order chi connectivity index (χ1) is 6.74. The van der Waals surface area contributed by atoms with Crippen LogP contribution in [0.25, 0.3) is 0 Å². The maximum absolute atomic E-state index is 9.06. The van der Waals surface area contributed by atoms with Crippen LogP contribution in [0.4, 0.5) is 0 Å². The molecule has 4 nitrogen and oxygen atoms in total. The van der Waals surface area contributed by atoms with Gasteiger partial charge in [0.2, 0.25) is 0 Å². The highest BCUT2D eigenvalue weighted by Gasteiger charge is 2.28. The molecule has 1 aromatic heterocycles. The molecule has 1 aliphatic rings. The average molecular weight is 190 g/mol. The lowest BCUT2D eigenvalue weighted by molar-refractivity contribution is 0.343. The number of hydrogen-bond donors (Lipinski definition) is 0. The van der Waals surface area contributed by atoms with E-state index in [1.807, 2.05) is 25.3 Å². The van der Waals surface area contributed by atoms with Crippen molar-refractivity contribution in [2.75, 3.05) is 14.1 Å². The van der Waals surface area contributed by atoms with Crippen molar-refractivity contribution >= 4 is 0 Å². The number of nitrogens with zero attached hydrogens (tertiary/aromatic N) is 4. The molecule has 4 heteroatoms. The molecular weight excluding hydrogens is 176 g/mol. The van der Waals surface area contributed by atoms with Crippen molar-refractivity contribution in [3.63, 3.8) is 0 Å².